The van der Waals surface area contributed by atoms with Gasteiger partial charge >= 0.3 is 5.97 Å². The van der Waals surface area contributed by atoms with Crippen molar-refractivity contribution < 1.29 is 24.5 Å². The van der Waals surface area contributed by atoms with E-state index in [1.807, 2.05) is 0 Å². The topological polar surface area (TPSA) is 113 Å². The van der Waals surface area contributed by atoms with Gasteiger partial charge in [-0.15, -0.1) is 0 Å². The van der Waals surface area contributed by atoms with Crippen LogP contribution in [0.25, 0.3) is 11.3 Å². The molecule has 1 aliphatic rings. The minimum absolute atomic E-state index is 0.128. The van der Waals surface area contributed by atoms with Crippen molar-refractivity contribution in [1.29, 1.82) is 0 Å². The lowest BCUT2D eigenvalue weighted by atomic mass is 10.0. The number of nitrogens with zero attached hydrogens (tertiary/aromatic N) is 3. The van der Waals surface area contributed by atoms with Crippen molar-refractivity contribution >= 4 is 11.9 Å². The highest BCUT2D eigenvalue weighted by molar-refractivity contribution is 5.90. The van der Waals surface area contributed by atoms with Crippen molar-refractivity contribution in [3.8, 4) is 29.0 Å². The van der Waals surface area contributed by atoms with Crippen molar-refractivity contribution in [3.63, 3.8) is 0 Å². The minimum Gasteiger partial charge on any atom is -0.481 e. The molecular weight excluding hydrogens is 350 g/mol. The van der Waals surface area contributed by atoms with Gasteiger partial charge in [0, 0.05) is 37.2 Å². The molecule has 3 rings (SSSR count). The van der Waals surface area contributed by atoms with Crippen molar-refractivity contribution in [2.24, 2.45) is 0 Å². The van der Waals surface area contributed by atoms with E-state index in [0.29, 0.717) is 23.4 Å². The number of rotatable bonds is 3. The molecule has 0 bridgehead atoms. The normalized spacial score (nSPS) is 18.8. The Balaban J connectivity index is 1.96. The summed E-state index contributed by atoms with van der Waals surface area (Å²) in [7, 11) is 3.00. The van der Waals surface area contributed by atoms with E-state index in [1.165, 1.54) is 18.1 Å². The van der Waals surface area contributed by atoms with Gasteiger partial charge in [-0.1, -0.05) is 24.0 Å². The molecule has 0 saturated carbocycles. The second-order valence-electron chi connectivity index (χ2n) is 6.09. The van der Waals surface area contributed by atoms with Crippen LogP contribution in [-0.2, 0) is 4.79 Å². The van der Waals surface area contributed by atoms with Crippen molar-refractivity contribution in [3.05, 3.63) is 41.7 Å². The molecule has 2 N–H and O–H groups in total. The summed E-state index contributed by atoms with van der Waals surface area (Å²) >= 11 is 0. The van der Waals surface area contributed by atoms with Crippen LogP contribution in [-0.4, -0.2) is 63.3 Å². The maximum Gasteiger partial charge on any atom is 0.374 e. The summed E-state index contributed by atoms with van der Waals surface area (Å²) in [6.07, 6.45) is 0.250. The Morgan fingerprint density at radius 1 is 1.33 bits per heavy atom. The van der Waals surface area contributed by atoms with Gasteiger partial charge in [0.25, 0.3) is 5.91 Å². The highest BCUT2D eigenvalue weighted by atomic mass is 16.5. The summed E-state index contributed by atoms with van der Waals surface area (Å²) in [5.74, 6) is 3.53. The standard InChI is InChI=1S/C19H17N3O5/c1-22-9-8-19(26,18(22)25)7-6-12-4-3-5-13(10-12)14-11-15(27-2)21-16(20-14)17(23)24/h3-5,10-11,26H,8-9H2,1-2H3,(H,23,24)/t19-/m0/s1. The van der Waals surface area contributed by atoms with E-state index < -0.39 is 17.5 Å². The predicted octanol–water partition coefficient (Wildman–Crippen LogP) is 0.795. The second-order valence-corrected chi connectivity index (χ2v) is 6.09. The summed E-state index contributed by atoms with van der Waals surface area (Å²) in [6, 6.07) is 8.39. The number of amides is 1. The molecule has 138 valence electrons. The fraction of sp³-hybridized carbons (Fsp3) is 0.263. The van der Waals surface area contributed by atoms with E-state index in [0.717, 1.165) is 0 Å². The van der Waals surface area contributed by atoms with E-state index >= 15 is 0 Å². The van der Waals surface area contributed by atoms with Crippen LogP contribution in [0.2, 0.25) is 0 Å². The Bertz CT molecular complexity index is 979. The highest BCUT2D eigenvalue weighted by Gasteiger charge is 2.42. The fourth-order valence-corrected chi connectivity index (χ4v) is 2.67. The van der Waals surface area contributed by atoms with E-state index in [-0.39, 0.29) is 18.1 Å². The predicted molar refractivity (Wildman–Crippen MR) is 95.1 cm³/mol. The maximum atomic E-state index is 12.0. The molecule has 2 aromatic rings. The number of ether oxygens (including phenoxy) is 1. The summed E-state index contributed by atoms with van der Waals surface area (Å²) < 4.78 is 5.03. The molecule has 1 atom stereocenters. The lowest BCUT2D eigenvalue weighted by molar-refractivity contribution is -0.137. The fourth-order valence-electron chi connectivity index (χ4n) is 2.67. The number of carbonyl (C=O) groups excluding carboxylic acids is 1. The Kier molecular flexibility index (Phi) is 4.79. The average molecular weight is 367 g/mol. The van der Waals surface area contributed by atoms with Crippen LogP contribution in [0.5, 0.6) is 5.88 Å². The number of hydrogen-bond acceptors (Lipinski definition) is 6. The number of aliphatic hydroxyl groups is 1. The molecule has 1 aliphatic heterocycles. The summed E-state index contributed by atoms with van der Waals surface area (Å²) in [6.45, 7) is 0.447. The van der Waals surface area contributed by atoms with Gasteiger partial charge in [0.15, 0.2) is 0 Å². The molecule has 1 amide bonds. The van der Waals surface area contributed by atoms with Crippen molar-refractivity contribution in [2.45, 2.75) is 12.0 Å². The van der Waals surface area contributed by atoms with Gasteiger partial charge in [-0.25, -0.2) is 9.78 Å². The number of methoxy groups -OCH3 is 1. The zero-order valence-electron chi connectivity index (χ0n) is 14.8. The lowest BCUT2D eigenvalue weighted by Gasteiger charge is -2.13. The van der Waals surface area contributed by atoms with Crippen molar-refractivity contribution in [2.75, 3.05) is 20.7 Å². The zero-order chi connectivity index (χ0) is 19.6. The third kappa shape index (κ3) is 3.73. The maximum absolute atomic E-state index is 12.0. The molecule has 2 heterocycles. The van der Waals surface area contributed by atoms with Gasteiger partial charge in [0.1, 0.15) is 0 Å². The number of aromatic carboxylic acids is 1. The highest BCUT2D eigenvalue weighted by Crippen LogP contribution is 2.23. The van der Waals surface area contributed by atoms with Crippen LogP contribution >= 0.6 is 0 Å². The van der Waals surface area contributed by atoms with Crippen LogP contribution in [0.4, 0.5) is 0 Å². The van der Waals surface area contributed by atoms with Crippen LogP contribution < -0.4 is 4.74 Å². The number of carboxylic acids is 1. The van der Waals surface area contributed by atoms with Gasteiger partial charge in [-0.05, 0) is 12.1 Å². The molecule has 8 nitrogen and oxygen atoms in total. The number of hydrogen-bond donors (Lipinski definition) is 2. The molecule has 1 saturated heterocycles. The van der Waals surface area contributed by atoms with Gasteiger partial charge in [0.05, 0.1) is 12.8 Å². The van der Waals surface area contributed by atoms with Gasteiger partial charge in [0.2, 0.25) is 17.3 Å². The number of benzene rings is 1. The lowest BCUT2D eigenvalue weighted by Crippen LogP contribution is -2.37. The zero-order valence-corrected chi connectivity index (χ0v) is 14.8. The first-order valence-corrected chi connectivity index (χ1v) is 8.10. The van der Waals surface area contributed by atoms with E-state index in [2.05, 4.69) is 21.8 Å². The Labute approximate surface area is 155 Å². The van der Waals surface area contributed by atoms with E-state index in [9.17, 15) is 14.7 Å². The molecule has 27 heavy (non-hydrogen) atoms. The average Bonchev–Trinajstić information content (AvgIpc) is 2.94. The molecule has 1 fully saturated rings. The first kappa shape index (κ1) is 18.4. The number of likely N-dealkylation sites (tertiary alicyclic amines) is 1. The summed E-state index contributed by atoms with van der Waals surface area (Å²) in [5, 5.41) is 19.5. The number of aromatic nitrogens is 2. The van der Waals surface area contributed by atoms with Crippen molar-refractivity contribution in [1.82, 2.24) is 14.9 Å². The van der Waals surface area contributed by atoms with E-state index in [1.54, 1.807) is 31.3 Å². The number of likely N-dealkylation sites (N-methyl/N-ethyl adjacent to an activating group) is 1. The van der Waals surface area contributed by atoms with Crippen LogP contribution in [0.1, 0.15) is 22.6 Å². The van der Waals surface area contributed by atoms with Crippen LogP contribution in [0.15, 0.2) is 30.3 Å². The quantitative estimate of drug-likeness (QED) is 0.771. The Hall–Kier alpha value is -3.44. The minimum atomic E-state index is -1.68. The van der Waals surface area contributed by atoms with Gasteiger partial charge in [-0.2, -0.15) is 4.98 Å². The molecule has 0 aliphatic carbocycles. The van der Waals surface area contributed by atoms with Gasteiger partial charge < -0.3 is 19.8 Å². The second kappa shape index (κ2) is 7.05. The third-order valence-corrected chi connectivity index (χ3v) is 4.18. The molecule has 0 radical (unpaired) electrons. The first-order valence-electron chi connectivity index (χ1n) is 8.10. The third-order valence-electron chi connectivity index (χ3n) is 4.18. The SMILES string of the molecule is COc1cc(-c2cccc(C#C[C@]3(O)CCN(C)C3=O)c2)nc(C(=O)O)n1. The number of carbonyl (C=O) groups is 2. The largest absolute Gasteiger partial charge is 0.481 e. The molecule has 0 unspecified atom stereocenters. The molecule has 8 heteroatoms. The van der Waals surface area contributed by atoms with Crippen LogP contribution in [0.3, 0.4) is 0 Å². The van der Waals surface area contributed by atoms with Gasteiger partial charge in [-0.3, -0.25) is 4.79 Å². The Morgan fingerprint density at radius 2 is 2.11 bits per heavy atom. The smallest absolute Gasteiger partial charge is 0.374 e. The first-order chi connectivity index (χ1) is 12.8. The van der Waals surface area contributed by atoms with Crippen LogP contribution in [0, 0.1) is 11.8 Å². The monoisotopic (exact) mass is 367 g/mol. The summed E-state index contributed by atoms with van der Waals surface area (Å²) in [4.78, 5) is 32.4. The van der Waals surface area contributed by atoms with E-state index in [4.69, 9.17) is 9.84 Å². The molecule has 1 aromatic carbocycles. The molecular formula is C19H17N3O5. The molecule has 0 spiro atoms. The Morgan fingerprint density at radius 3 is 2.74 bits per heavy atom. The molecule has 1 aromatic heterocycles. The summed E-state index contributed by atoms with van der Waals surface area (Å²) in [5.41, 5.74) is -0.165. The number of carboxylic acid groups (broad SMARTS) is 1.